The van der Waals surface area contributed by atoms with Crippen LogP contribution in [-0.4, -0.2) is 38.7 Å². The minimum Gasteiger partial charge on any atom is -0.337 e. The molecular formula is C12H18N4O. The lowest BCUT2D eigenvalue weighted by atomic mass is 10.1. The summed E-state index contributed by atoms with van der Waals surface area (Å²) in [6.45, 7) is 8.89. The molecule has 0 saturated carbocycles. The number of aromatic nitrogens is 3. The topological polar surface area (TPSA) is 51.0 Å². The molecule has 1 saturated heterocycles. The Labute approximate surface area is 101 Å². The van der Waals surface area contributed by atoms with Crippen molar-refractivity contribution in [1.82, 2.24) is 19.7 Å². The minimum atomic E-state index is 0.00388. The van der Waals surface area contributed by atoms with Gasteiger partial charge in [0.2, 0.25) is 5.91 Å². The van der Waals surface area contributed by atoms with Crippen molar-refractivity contribution < 1.29 is 4.79 Å². The van der Waals surface area contributed by atoms with Crippen LogP contribution in [0.4, 0.5) is 0 Å². The van der Waals surface area contributed by atoms with Gasteiger partial charge in [-0.25, -0.2) is 9.67 Å². The van der Waals surface area contributed by atoms with Crippen LogP contribution in [0.2, 0.25) is 0 Å². The molecule has 0 unspecified atom stereocenters. The molecule has 1 amide bonds. The number of piperidine rings is 1. The molecule has 92 valence electrons. The molecule has 1 aliphatic heterocycles. The van der Waals surface area contributed by atoms with Crippen LogP contribution in [0, 0.1) is 13.8 Å². The fourth-order valence-electron chi connectivity index (χ4n) is 2.37. The van der Waals surface area contributed by atoms with E-state index < -0.39 is 0 Å². The molecule has 1 aromatic heterocycles. The first kappa shape index (κ1) is 11.8. The lowest BCUT2D eigenvalue weighted by molar-refractivity contribution is -0.127. The Morgan fingerprint density at radius 1 is 1.53 bits per heavy atom. The number of hydrogen-bond acceptors (Lipinski definition) is 3. The summed E-state index contributed by atoms with van der Waals surface area (Å²) in [7, 11) is 0. The molecule has 1 aliphatic rings. The Hall–Kier alpha value is -1.65. The highest BCUT2D eigenvalue weighted by Gasteiger charge is 2.25. The van der Waals surface area contributed by atoms with Gasteiger partial charge in [-0.2, -0.15) is 5.10 Å². The van der Waals surface area contributed by atoms with Gasteiger partial charge >= 0.3 is 0 Å². The summed E-state index contributed by atoms with van der Waals surface area (Å²) in [6.07, 6.45) is 3.43. The average Bonchev–Trinajstić information content (AvgIpc) is 2.67. The number of aryl methyl sites for hydroxylation is 2. The maximum absolute atomic E-state index is 11.6. The molecule has 0 bridgehead atoms. The van der Waals surface area contributed by atoms with Gasteiger partial charge in [-0.3, -0.25) is 4.79 Å². The Kier molecular flexibility index (Phi) is 3.26. The third-order valence-corrected chi connectivity index (χ3v) is 3.14. The fourth-order valence-corrected chi connectivity index (χ4v) is 2.37. The molecule has 1 fully saturated rings. The molecule has 2 rings (SSSR count). The lowest BCUT2D eigenvalue weighted by Crippen LogP contribution is -2.40. The number of amides is 1. The van der Waals surface area contributed by atoms with Crippen LogP contribution in [0.25, 0.3) is 0 Å². The molecule has 0 aromatic carbocycles. The Morgan fingerprint density at radius 2 is 2.29 bits per heavy atom. The first-order valence-corrected chi connectivity index (χ1v) is 5.93. The SMILES string of the molecule is C=CC(=O)N1CCC[C@@H](n2nc(C)nc2C)C1. The fraction of sp³-hybridized carbons (Fsp3) is 0.583. The van der Waals surface area contributed by atoms with E-state index in [0.717, 1.165) is 31.0 Å². The van der Waals surface area contributed by atoms with Gasteiger partial charge < -0.3 is 4.90 Å². The van der Waals surface area contributed by atoms with E-state index in [-0.39, 0.29) is 11.9 Å². The second-order valence-corrected chi connectivity index (χ2v) is 4.44. The van der Waals surface area contributed by atoms with Crippen molar-refractivity contribution in [2.75, 3.05) is 13.1 Å². The summed E-state index contributed by atoms with van der Waals surface area (Å²) in [5.74, 6) is 1.71. The number of hydrogen-bond donors (Lipinski definition) is 0. The largest absolute Gasteiger partial charge is 0.337 e. The molecule has 2 heterocycles. The van der Waals surface area contributed by atoms with Crippen LogP contribution in [-0.2, 0) is 4.79 Å². The van der Waals surface area contributed by atoms with E-state index in [1.807, 2.05) is 23.4 Å². The Bertz CT molecular complexity index is 438. The van der Waals surface area contributed by atoms with Crippen molar-refractivity contribution in [1.29, 1.82) is 0 Å². The predicted octanol–water partition coefficient (Wildman–Crippen LogP) is 1.24. The second-order valence-electron chi connectivity index (χ2n) is 4.44. The van der Waals surface area contributed by atoms with E-state index in [0.29, 0.717) is 6.54 Å². The summed E-state index contributed by atoms with van der Waals surface area (Å²) < 4.78 is 1.94. The van der Waals surface area contributed by atoms with Gasteiger partial charge in [-0.05, 0) is 32.8 Å². The van der Waals surface area contributed by atoms with Crippen molar-refractivity contribution >= 4 is 5.91 Å². The summed E-state index contributed by atoms with van der Waals surface area (Å²) in [5, 5.41) is 4.40. The molecular weight excluding hydrogens is 216 g/mol. The van der Waals surface area contributed by atoms with Gasteiger partial charge in [0.25, 0.3) is 0 Å². The summed E-state index contributed by atoms with van der Waals surface area (Å²) >= 11 is 0. The summed E-state index contributed by atoms with van der Waals surface area (Å²) in [5.41, 5.74) is 0. The van der Waals surface area contributed by atoms with Gasteiger partial charge in [0.05, 0.1) is 6.04 Å². The lowest BCUT2D eigenvalue weighted by Gasteiger charge is -2.32. The maximum Gasteiger partial charge on any atom is 0.246 e. The Balaban J connectivity index is 2.14. The van der Waals surface area contributed by atoms with Gasteiger partial charge in [0.15, 0.2) is 0 Å². The van der Waals surface area contributed by atoms with Crippen LogP contribution in [0.5, 0.6) is 0 Å². The zero-order chi connectivity index (χ0) is 12.4. The second kappa shape index (κ2) is 4.69. The third-order valence-electron chi connectivity index (χ3n) is 3.14. The van der Waals surface area contributed by atoms with Crippen molar-refractivity contribution in [2.24, 2.45) is 0 Å². The molecule has 5 heteroatoms. The quantitative estimate of drug-likeness (QED) is 0.723. The molecule has 0 radical (unpaired) electrons. The first-order chi connectivity index (χ1) is 8.11. The van der Waals surface area contributed by atoms with E-state index in [2.05, 4.69) is 16.7 Å². The maximum atomic E-state index is 11.6. The van der Waals surface area contributed by atoms with Crippen molar-refractivity contribution in [2.45, 2.75) is 32.7 Å². The summed E-state index contributed by atoms with van der Waals surface area (Å²) in [4.78, 5) is 17.7. The smallest absolute Gasteiger partial charge is 0.246 e. The molecule has 0 spiro atoms. The number of likely N-dealkylation sites (tertiary alicyclic amines) is 1. The minimum absolute atomic E-state index is 0.00388. The monoisotopic (exact) mass is 234 g/mol. The standard InChI is InChI=1S/C12H18N4O/c1-4-12(17)15-7-5-6-11(8-15)16-10(3)13-9(2)14-16/h4,11H,1,5-8H2,2-3H3/t11-/m1/s1. The van der Waals surface area contributed by atoms with E-state index in [4.69, 9.17) is 0 Å². The van der Waals surface area contributed by atoms with Crippen LogP contribution in [0.1, 0.15) is 30.5 Å². The van der Waals surface area contributed by atoms with Gasteiger partial charge in [0.1, 0.15) is 11.6 Å². The van der Waals surface area contributed by atoms with E-state index in [1.54, 1.807) is 0 Å². The first-order valence-electron chi connectivity index (χ1n) is 5.93. The van der Waals surface area contributed by atoms with Crippen LogP contribution in [0.3, 0.4) is 0 Å². The molecule has 1 aromatic rings. The normalized spacial score (nSPS) is 20.4. The van der Waals surface area contributed by atoms with Crippen LogP contribution >= 0.6 is 0 Å². The number of rotatable bonds is 2. The van der Waals surface area contributed by atoms with Crippen LogP contribution in [0.15, 0.2) is 12.7 Å². The molecule has 5 nitrogen and oxygen atoms in total. The van der Waals surface area contributed by atoms with Gasteiger partial charge in [-0.15, -0.1) is 0 Å². The van der Waals surface area contributed by atoms with Gasteiger partial charge in [-0.1, -0.05) is 6.58 Å². The van der Waals surface area contributed by atoms with E-state index in [9.17, 15) is 4.79 Å². The highest BCUT2D eigenvalue weighted by Crippen LogP contribution is 2.22. The number of carbonyl (C=O) groups excluding carboxylic acids is 1. The van der Waals surface area contributed by atoms with Gasteiger partial charge in [0, 0.05) is 13.1 Å². The van der Waals surface area contributed by atoms with Crippen molar-refractivity contribution in [3.05, 3.63) is 24.3 Å². The van der Waals surface area contributed by atoms with Crippen molar-refractivity contribution in [3.63, 3.8) is 0 Å². The zero-order valence-electron chi connectivity index (χ0n) is 10.4. The average molecular weight is 234 g/mol. The number of nitrogens with zero attached hydrogens (tertiary/aromatic N) is 4. The van der Waals surface area contributed by atoms with Crippen molar-refractivity contribution in [3.8, 4) is 0 Å². The highest BCUT2D eigenvalue weighted by molar-refractivity contribution is 5.87. The predicted molar refractivity (Wildman–Crippen MR) is 64.5 cm³/mol. The zero-order valence-corrected chi connectivity index (χ0v) is 10.4. The van der Waals surface area contributed by atoms with E-state index in [1.165, 1.54) is 6.08 Å². The molecule has 0 aliphatic carbocycles. The van der Waals surface area contributed by atoms with Crippen LogP contribution < -0.4 is 0 Å². The highest BCUT2D eigenvalue weighted by atomic mass is 16.2. The summed E-state index contributed by atoms with van der Waals surface area (Å²) in [6, 6.07) is 0.244. The molecule has 1 atom stereocenters. The molecule has 17 heavy (non-hydrogen) atoms. The number of carbonyl (C=O) groups is 1. The third kappa shape index (κ3) is 2.38. The van der Waals surface area contributed by atoms with E-state index >= 15 is 0 Å². The molecule has 0 N–H and O–H groups in total. The Morgan fingerprint density at radius 3 is 2.88 bits per heavy atom.